The zero-order valence-corrected chi connectivity index (χ0v) is 39.6. The summed E-state index contributed by atoms with van der Waals surface area (Å²) in [7, 11) is 7.90. The minimum absolute atomic E-state index is 0.0106. The van der Waals surface area contributed by atoms with Crippen molar-refractivity contribution in [3.05, 3.63) is 118 Å². The predicted octanol–water partition coefficient (Wildman–Crippen LogP) is 8.93. The Morgan fingerprint density at radius 2 is 1.06 bits per heavy atom. The number of nitrogens with one attached hydrogen (secondary N) is 1. The zero-order chi connectivity index (χ0) is 50.1. The molecule has 6 N–H and O–H groups in total. The van der Waals surface area contributed by atoms with Crippen LogP contribution in [0.5, 0.6) is 11.5 Å². The molecule has 1 amide bonds. The van der Waals surface area contributed by atoms with Crippen LogP contribution in [-0.4, -0.2) is 113 Å². The van der Waals surface area contributed by atoms with Gasteiger partial charge in [-0.2, -0.15) is 26.3 Å². The Balaban J connectivity index is 0.000000242. The summed E-state index contributed by atoms with van der Waals surface area (Å²) in [5, 5.41) is 31.0. The summed E-state index contributed by atoms with van der Waals surface area (Å²) in [4.78, 5) is 35.5. The molecule has 11 nitrogen and oxygen atoms in total. The number of aromatic nitrogens is 2. The van der Waals surface area contributed by atoms with E-state index in [4.69, 9.17) is 10.8 Å². The molecule has 0 spiro atoms. The van der Waals surface area contributed by atoms with Gasteiger partial charge in [-0.15, -0.1) is 0 Å². The van der Waals surface area contributed by atoms with Crippen LogP contribution >= 0.6 is 0 Å². The lowest BCUT2D eigenvalue weighted by Crippen LogP contribution is -2.43. The Labute approximate surface area is 389 Å². The molecule has 0 bridgehead atoms. The molecule has 0 saturated heterocycles. The molecule has 4 aromatic rings. The number of carbonyl (C=O) groups is 2. The Bertz CT molecular complexity index is 2200. The maximum absolute atomic E-state index is 13.9. The van der Waals surface area contributed by atoms with Crippen LogP contribution in [0.4, 0.5) is 26.3 Å². The van der Waals surface area contributed by atoms with E-state index in [1.807, 2.05) is 72.9 Å². The number of phenolic OH excluding ortho intramolecular Hbond substituents is 2. The molecular formula is C50H66F6N6O5. The second-order valence-corrected chi connectivity index (χ2v) is 18.6. The standard InChI is InChI=1S/C25H32F3N3O2.C13H22N2O.C12H12F3NO2/c1-16-10-20(32)11-17(2)21(16)12-19(31(3)4)15-30-23(33)13-22(18-6-5-9-29-14-18)24(7-8-24)25(26,27)28;1-9-5-12(16)6-10(2)13(9)7-11(8-14)15(3)4;13-12(14,15)11(3-4-11)9(6-10(17)18)8-2-1-5-16-7-8/h5-6,9-11,14,19,22,32H,7-8,12-13,15H2,1-4H3,(H,30,33);5-6,11,16H,7-8,14H2,1-4H3;1-2,5,7,9H,3-4,6H2,(H,17,18)/t19-,22?;11-;/m00./s1. The molecule has 2 fully saturated rings. The number of benzene rings is 2. The van der Waals surface area contributed by atoms with Crippen molar-refractivity contribution in [2.24, 2.45) is 16.6 Å². The predicted molar refractivity (Wildman–Crippen MR) is 246 cm³/mol. The number of alkyl halides is 6. The van der Waals surface area contributed by atoms with Gasteiger partial charge in [0.25, 0.3) is 0 Å². The van der Waals surface area contributed by atoms with Crippen LogP contribution in [0.15, 0.2) is 73.3 Å². The molecule has 17 heteroatoms. The molecule has 2 aromatic heterocycles. The summed E-state index contributed by atoms with van der Waals surface area (Å²) in [6, 6.07) is 13.6. The van der Waals surface area contributed by atoms with Gasteiger partial charge in [0.1, 0.15) is 11.5 Å². The number of nitrogens with two attached hydrogens (primary N) is 1. The van der Waals surface area contributed by atoms with Crippen LogP contribution in [0.1, 0.15) is 94.9 Å². The van der Waals surface area contributed by atoms with Gasteiger partial charge in [-0.05, 0) is 175 Å². The molecule has 2 aliphatic rings. The molecule has 368 valence electrons. The fourth-order valence-corrected chi connectivity index (χ4v) is 8.99. The zero-order valence-electron chi connectivity index (χ0n) is 39.6. The van der Waals surface area contributed by atoms with Gasteiger partial charge in [-0.1, -0.05) is 12.1 Å². The van der Waals surface area contributed by atoms with Crippen molar-refractivity contribution in [2.45, 2.75) is 115 Å². The van der Waals surface area contributed by atoms with Crippen LogP contribution in [0.3, 0.4) is 0 Å². The van der Waals surface area contributed by atoms with Gasteiger partial charge >= 0.3 is 18.3 Å². The summed E-state index contributed by atoms with van der Waals surface area (Å²) in [5.74, 6) is -3.07. The average molecular weight is 945 g/mol. The first-order valence-electron chi connectivity index (χ1n) is 22.3. The van der Waals surface area contributed by atoms with E-state index in [0.29, 0.717) is 42.4 Å². The lowest BCUT2D eigenvalue weighted by Gasteiger charge is -2.30. The quantitative estimate of drug-likeness (QED) is 0.0646. The summed E-state index contributed by atoms with van der Waals surface area (Å²) in [5.41, 5.74) is 9.39. The summed E-state index contributed by atoms with van der Waals surface area (Å²) < 4.78 is 80.8. The van der Waals surface area contributed by atoms with Gasteiger partial charge in [-0.3, -0.25) is 19.6 Å². The van der Waals surface area contributed by atoms with E-state index < -0.39 is 53.3 Å². The van der Waals surface area contributed by atoms with Gasteiger partial charge < -0.3 is 36.2 Å². The number of carboxylic acid groups (broad SMARTS) is 1. The first-order valence-corrected chi connectivity index (χ1v) is 22.3. The molecule has 4 atom stereocenters. The van der Waals surface area contributed by atoms with E-state index in [1.54, 1.807) is 24.3 Å². The van der Waals surface area contributed by atoms with Crippen molar-refractivity contribution in [2.75, 3.05) is 41.3 Å². The molecule has 2 aromatic carbocycles. The second-order valence-electron chi connectivity index (χ2n) is 18.6. The largest absolute Gasteiger partial charge is 0.508 e. The highest BCUT2D eigenvalue weighted by atomic mass is 19.4. The molecule has 0 aliphatic heterocycles. The van der Waals surface area contributed by atoms with E-state index >= 15 is 0 Å². The highest BCUT2D eigenvalue weighted by molar-refractivity contribution is 5.77. The van der Waals surface area contributed by atoms with E-state index in [1.165, 1.54) is 42.5 Å². The average Bonchev–Trinajstić information content (AvgIpc) is 4.17. The van der Waals surface area contributed by atoms with Crippen molar-refractivity contribution in [3.8, 4) is 11.5 Å². The number of likely N-dealkylation sites (N-methyl/N-ethyl adjacent to an activating group) is 2. The maximum atomic E-state index is 13.9. The number of halogens is 6. The first kappa shape index (κ1) is 54.3. The third-order valence-corrected chi connectivity index (χ3v) is 13.5. The molecule has 0 radical (unpaired) electrons. The molecule has 67 heavy (non-hydrogen) atoms. The van der Waals surface area contributed by atoms with Crippen molar-refractivity contribution in [1.29, 1.82) is 0 Å². The topological polar surface area (TPSA) is 165 Å². The highest BCUT2D eigenvalue weighted by Gasteiger charge is 2.68. The highest BCUT2D eigenvalue weighted by Crippen LogP contribution is 2.67. The number of rotatable bonds is 17. The number of aliphatic carboxylic acids is 1. The van der Waals surface area contributed by atoms with Crippen molar-refractivity contribution >= 4 is 11.9 Å². The number of hydrogen-bond acceptors (Lipinski definition) is 9. The number of carbonyl (C=O) groups excluding carboxylic acids is 1. The van der Waals surface area contributed by atoms with Crippen LogP contribution in [0.25, 0.3) is 0 Å². The normalized spacial score (nSPS) is 16.7. The van der Waals surface area contributed by atoms with Crippen LogP contribution in [-0.2, 0) is 22.4 Å². The Kier molecular flexibility index (Phi) is 18.4. The van der Waals surface area contributed by atoms with Crippen molar-refractivity contribution < 1.29 is 51.3 Å². The SMILES string of the molecule is Cc1cc(O)cc(C)c1C[C@@H](CN)N(C)C.Cc1cc(O)cc(C)c1C[C@@H](CNC(=O)CC(c1cccnc1)C1(C(F)(F)F)CC1)N(C)C.O=C(O)CC(c1cccnc1)C1(C(F)(F)F)CC1. The smallest absolute Gasteiger partial charge is 0.395 e. The van der Waals surface area contributed by atoms with E-state index in [2.05, 4.69) is 20.2 Å². The van der Waals surface area contributed by atoms with Crippen LogP contribution in [0, 0.1) is 38.5 Å². The molecule has 2 unspecified atom stereocenters. The summed E-state index contributed by atoms with van der Waals surface area (Å²) in [6.45, 7) is 8.88. The van der Waals surface area contributed by atoms with E-state index in [-0.39, 0.29) is 43.9 Å². The minimum atomic E-state index is -4.37. The maximum Gasteiger partial charge on any atom is 0.395 e. The number of carboxylic acids is 1. The number of amides is 1. The Hall–Kier alpha value is -5.26. The van der Waals surface area contributed by atoms with Gasteiger partial charge in [0.05, 0.1) is 17.3 Å². The lowest BCUT2D eigenvalue weighted by molar-refractivity contribution is -0.196. The number of aryl methyl sites for hydroxylation is 4. The third kappa shape index (κ3) is 14.1. The monoisotopic (exact) mass is 944 g/mol. The van der Waals surface area contributed by atoms with Crippen molar-refractivity contribution in [3.63, 3.8) is 0 Å². The van der Waals surface area contributed by atoms with Crippen molar-refractivity contribution in [1.82, 2.24) is 25.1 Å². The molecule has 6 rings (SSSR count). The fourth-order valence-electron chi connectivity index (χ4n) is 8.99. The molecule has 2 aliphatic carbocycles. The first-order chi connectivity index (χ1) is 31.3. The van der Waals surface area contributed by atoms with E-state index in [9.17, 15) is 46.1 Å². The van der Waals surface area contributed by atoms with Gasteiger partial charge in [-0.25, -0.2) is 0 Å². The number of pyridine rings is 2. The van der Waals surface area contributed by atoms with E-state index in [0.717, 1.165) is 34.2 Å². The molecule has 2 heterocycles. The number of phenols is 2. The molecular weight excluding hydrogens is 879 g/mol. The minimum Gasteiger partial charge on any atom is -0.508 e. The summed E-state index contributed by atoms with van der Waals surface area (Å²) in [6.07, 6.45) is -2.16. The number of nitrogens with zero attached hydrogens (tertiary/aromatic N) is 4. The summed E-state index contributed by atoms with van der Waals surface area (Å²) >= 11 is 0. The Morgan fingerprint density at radius 3 is 1.36 bits per heavy atom. The van der Waals surface area contributed by atoms with Crippen LogP contribution in [0.2, 0.25) is 0 Å². The second kappa shape index (κ2) is 22.7. The number of aromatic hydroxyl groups is 2. The van der Waals surface area contributed by atoms with Gasteiger partial charge in [0.15, 0.2) is 0 Å². The van der Waals surface area contributed by atoms with Gasteiger partial charge in [0.2, 0.25) is 5.91 Å². The van der Waals surface area contributed by atoms with Gasteiger partial charge in [0, 0.05) is 68.2 Å². The van der Waals surface area contributed by atoms with Crippen LogP contribution < -0.4 is 11.1 Å². The lowest BCUT2D eigenvalue weighted by atomic mass is 9.80. The fraction of sp³-hybridized carbons (Fsp3) is 0.520. The Morgan fingerprint density at radius 1 is 0.687 bits per heavy atom. The third-order valence-electron chi connectivity index (χ3n) is 13.5. The molecule has 2 saturated carbocycles. The number of hydrogen-bond donors (Lipinski definition) is 5.